The van der Waals surface area contributed by atoms with Crippen LogP contribution in [0.25, 0.3) is 11.1 Å². The number of nitriles is 1. The minimum absolute atomic E-state index is 0.290. The lowest BCUT2D eigenvalue weighted by molar-refractivity contribution is 0.355. The number of benzene rings is 1. The molecule has 2 aromatic rings. The summed E-state index contributed by atoms with van der Waals surface area (Å²) in [5.41, 5.74) is 1.65. The monoisotopic (exact) mass is 176 g/mol. The number of fused-ring (bicyclic) bond motifs is 1. The van der Waals surface area contributed by atoms with E-state index in [9.17, 15) is 4.39 Å². The maximum absolute atomic E-state index is 12.5. The van der Waals surface area contributed by atoms with E-state index in [0.717, 1.165) is 5.56 Å². The second-order valence-corrected chi connectivity index (χ2v) is 2.60. The zero-order chi connectivity index (χ0) is 9.26. The van der Waals surface area contributed by atoms with Gasteiger partial charge in [-0.1, -0.05) is 6.07 Å². The zero-order valence-corrected chi connectivity index (χ0v) is 6.62. The van der Waals surface area contributed by atoms with Crippen LogP contribution in [0.1, 0.15) is 5.56 Å². The molecule has 0 unspecified atom stereocenters. The fraction of sp³-hybridized carbons (Fsp3) is 0.111. The average Bonchev–Trinajstić information content (AvgIpc) is 2.44. The average molecular weight is 176 g/mol. The van der Waals surface area contributed by atoms with Gasteiger partial charge in [0.2, 0.25) is 0 Å². The van der Waals surface area contributed by atoms with Gasteiger partial charge in [-0.2, -0.15) is 10.2 Å². The Hall–Kier alpha value is -1.89. The van der Waals surface area contributed by atoms with Crippen LogP contribution >= 0.6 is 0 Å². The lowest BCUT2D eigenvalue weighted by Crippen LogP contribution is -1.79. The van der Waals surface area contributed by atoms with Gasteiger partial charge in [0.25, 0.3) is 0 Å². The highest BCUT2D eigenvalue weighted by Crippen LogP contribution is 2.16. The maximum atomic E-state index is 12.5. The number of nitrogens with zero attached hydrogens (tertiary/aromatic N) is 2. The molecule has 1 aromatic heterocycles. The van der Waals surface area contributed by atoms with Gasteiger partial charge in [-0.05, 0) is 17.7 Å². The topological polar surface area (TPSA) is 49.8 Å². The molecule has 0 saturated heterocycles. The van der Waals surface area contributed by atoms with Crippen molar-refractivity contribution < 1.29 is 8.81 Å². The van der Waals surface area contributed by atoms with E-state index in [1.165, 1.54) is 0 Å². The lowest BCUT2D eigenvalue weighted by atomic mass is 10.1. The van der Waals surface area contributed by atoms with Crippen molar-refractivity contribution in [2.24, 2.45) is 0 Å². The Morgan fingerprint density at radius 3 is 3.15 bits per heavy atom. The molecule has 3 nitrogen and oxygen atoms in total. The molecule has 0 fully saturated rings. The summed E-state index contributed by atoms with van der Waals surface area (Å²) in [4.78, 5) is 3.50. The van der Waals surface area contributed by atoms with Gasteiger partial charge in [-0.25, -0.2) is 0 Å². The Bertz CT molecular complexity index is 484. The third kappa shape index (κ3) is 1.36. The summed E-state index contributed by atoms with van der Waals surface area (Å²) >= 11 is 0. The highest BCUT2D eigenvalue weighted by molar-refractivity contribution is 5.72. The lowest BCUT2D eigenvalue weighted by Gasteiger charge is -1.91. The largest absolute Gasteiger partial charge is 0.415 e. The number of hydrogen-bond donors (Lipinski definition) is 0. The second kappa shape index (κ2) is 2.87. The minimum Gasteiger partial charge on any atom is -0.415 e. The Labute approximate surface area is 73.4 Å². The summed E-state index contributed by atoms with van der Waals surface area (Å²) in [6.07, 6.45) is -0.553. The van der Waals surface area contributed by atoms with Gasteiger partial charge in [0.05, 0.1) is 12.5 Å². The van der Waals surface area contributed by atoms with Crippen molar-refractivity contribution in [3.8, 4) is 6.07 Å². The van der Waals surface area contributed by atoms with E-state index in [1.54, 1.807) is 18.2 Å². The van der Waals surface area contributed by atoms with E-state index in [2.05, 4.69) is 9.40 Å². The predicted molar refractivity (Wildman–Crippen MR) is 43.3 cm³/mol. The van der Waals surface area contributed by atoms with E-state index in [1.807, 2.05) is 6.07 Å². The van der Waals surface area contributed by atoms with Crippen LogP contribution in [-0.4, -0.2) is 4.98 Å². The molecular weight excluding hydrogens is 171 g/mol. The van der Waals surface area contributed by atoms with Crippen LogP contribution < -0.4 is 0 Å². The predicted octanol–water partition coefficient (Wildman–Crippen LogP) is 2.03. The quantitative estimate of drug-likeness (QED) is 0.667. The van der Waals surface area contributed by atoms with Gasteiger partial charge in [0.15, 0.2) is 5.58 Å². The molecule has 13 heavy (non-hydrogen) atoms. The van der Waals surface area contributed by atoms with Crippen LogP contribution in [0.2, 0.25) is 0 Å². The van der Waals surface area contributed by atoms with Gasteiger partial charge in [0, 0.05) is 0 Å². The highest BCUT2D eigenvalue weighted by atomic mass is 19.1. The van der Waals surface area contributed by atoms with E-state index in [0.29, 0.717) is 11.1 Å². The first-order valence-corrected chi connectivity index (χ1v) is 3.71. The number of halogens is 1. The molecule has 1 heterocycles. The number of hydrogen-bond acceptors (Lipinski definition) is 3. The van der Waals surface area contributed by atoms with E-state index in [-0.39, 0.29) is 6.42 Å². The Morgan fingerprint density at radius 1 is 1.54 bits per heavy atom. The van der Waals surface area contributed by atoms with Crippen molar-refractivity contribution in [2.45, 2.75) is 6.42 Å². The second-order valence-electron chi connectivity index (χ2n) is 2.60. The number of aromatic nitrogens is 1. The summed E-state index contributed by atoms with van der Waals surface area (Å²) in [5.74, 6) is 0. The highest BCUT2D eigenvalue weighted by Gasteiger charge is 2.04. The normalized spacial score (nSPS) is 10.2. The minimum atomic E-state index is -0.843. The molecule has 2 rings (SSSR count). The third-order valence-electron chi connectivity index (χ3n) is 1.71. The molecule has 1 aromatic carbocycles. The first kappa shape index (κ1) is 7.74. The zero-order valence-electron chi connectivity index (χ0n) is 6.62. The molecule has 0 aliphatic rings. The van der Waals surface area contributed by atoms with E-state index in [4.69, 9.17) is 5.26 Å². The molecule has 0 amide bonds. The maximum Gasteiger partial charge on any atom is 0.382 e. The molecule has 0 aliphatic heterocycles. The Balaban J connectivity index is 2.56. The summed E-state index contributed by atoms with van der Waals surface area (Å²) in [7, 11) is 0. The van der Waals surface area contributed by atoms with Gasteiger partial charge in [0.1, 0.15) is 5.52 Å². The van der Waals surface area contributed by atoms with Crippen LogP contribution in [-0.2, 0) is 6.42 Å². The van der Waals surface area contributed by atoms with Gasteiger partial charge < -0.3 is 4.42 Å². The van der Waals surface area contributed by atoms with Crippen LogP contribution in [0.5, 0.6) is 0 Å². The molecule has 4 heteroatoms. The van der Waals surface area contributed by atoms with E-state index >= 15 is 0 Å². The number of oxazole rings is 1. The molecule has 0 spiro atoms. The fourth-order valence-electron chi connectivity index (χ4n) is 1.14. The Morgan fingerprint density at radius 2 is 2.38 bits per heavy atom. The molecular formula is C9H5FN2O. The van der Waals surface area contributed by atoms with Gasteiger partial charge in [-0.15, -0.1) is 4.39 Å². The first-order valence-electron chi connectivity index (χ1n) is 3.71. The third-order valence-corrected chi connectivity index (χ3v) is 1.71. The molecule has 64 valence electrons. The van der Waals surface area contributed by atoms with Crippen molar-refractivity contribution in [2.75, 3.05) is 0 Å². The van der Waals surface area contributed by atoms with Gasteiger partial charge in [-0.3, -0.25) is 0 Å². The smallest absolute Gasteiger partial charge is 0.382 e. The summed E-state index contributed by atoms with van der Waals surface area (Å²) in [6, 6.07) is 6.98. The van der Waals surface area contributed by atoms with E-state index < -0.39 is 6.14 Å². The molecule has 0 bridgehead atoms. The first-order chi connectivity index (χ1) is 6.29. The molecule has 0 saturated carbocycles. The molecule has 0 aliphatic carbocycles. The van der Waals surface area contributed by atoms with Crippen LogP contribution in [0, 0.1) is 17.5 Å². The van der Waals surface area contributed by atoms with Crippen molar-refractivity contribution in [1.29, 1.82) is 5.26 Å². The van der Waals surface area contributed by atoms with Gasteiger partial charge >= 0.3 is 6.14 Å². The summed E-state index contributed by atoms with van der Waals surface area (Å²) in [5, 5.41) is 8.43. The van der Waals surface area contributed by atoms with Crippen molar-refractivity contribution in [1.82, 2.24) is 4.98 Å². The standard InChI is InChI=1S/C9H5FN2O/c10-9-12-7-2-1-6(3-4-11)5-8(7)13-9/h1-2,5H,3H2. The summed E-state index contributed by atoms with van der Waals surface area (Å²) < 4.78 is 17.2. The number of rotatable bonds is 1. The Kier molecular flexibility index (Phi) is 1.71. The van der Waals surface area contributed by atoms with Crippen molar-refractivity contribution in [3.63, 3.8) is 0 Å². The van der Waals surface area contributed by atoms with Crippen LogP contribution in [0.15, 0.2) is 22.6 Å². The van der Waals surface area contributed by atoms with Crippen LogP contribution in [0.3, 0.4) is 0 Å². The van der Waals surface area contributed by atoms with Crippen LogP contribution in [0.4, 0.5) is 4.39 Å². The molecule has 0 radical (unpaired) electrons. The van der Waals surface area contributed by atoms with Crippen molar-refractivity contribution in [3.05, 3.63) is 29.9 Å². The molecule has 0 N–H and O–H groups in total. The van der Waals surface area contributed by atoms with Crippen molar-refractivity contribution >= 4 is 11.1 Å². The summed E-state index contributed by atoms with van der Waals surface area (Å²) in [6.45, 7) is 0. The fourth-order valence-corrected chi connectivity index (χ4v) is 1.14. The molecule has 0 atom stereocenters. The SMILES string of the molecule is N#CCc1ccc2nc(F)oc2c1.